The zero-order chi connectivity index (χ0) is 15.9. The molecule has 5 heteroatoms. The Morgan fingerprint density at radius 1 is 1.32 bits per heavy atom. The van der Waals surface area contributed by atoms with Crippen molar-refractivity contribution >= 4 is 11.8 Å². The Bertz CT molecular complexity index is 428. The van der Waals surface area contributed by atoms with Gasteiger partial charge in [-0.15, -0.1) is 0 Å². The lowest BCUT2D eigenvalue weighted by molar-refractivity contribution is -0.128. The zero-order valence-corrected chi connectivity index (χ0v) is 13.9. The van der Waals surface area contributed by atoms with E-state index in [1.807, 2.05) is 24.8 Å². The van der Waals surface area contributed by atoms with E-state index in [0.29, 0.717) is 12.5 Å². The molecule has 2 unspecified atom stereocenters. The van der Waals surface area contributed by atoms with E-state index < -0.39 is 0 Å². The molecule has 5 nitrogen and oxygen atoms in total. The molecule has 2 aliphatic heterocycles. The largest absolute Gasteiger partial charge is 0.354 e. The average molecular weight is 307 g/mol. The highest BCUT2D eigenvalue weighted by atomic mass is 16.2. The van der Waals surface area contributed by atoms with E-state index in [0.717, 1.165) is 57.3 Å². The van der Waals surface area contributed by atoms with Crippen molar-refractivity contribution in [2.75, 3.05) is 26.2 Å². The van der Waals surface area contributed by atoms with Gasteiger partial charge in [0.25, 0.3) is 0 Å². The molecule has 124 valence electrons. The number of nitrogens with one attached hydrogen (secondary N) is 2. The molecule has 2 atom stereocenters. The fraction of sp³-hybridized carbons (Fsp3) is 0.765. The minimum Gasteiger partial charge on any atom is -0.354 e. The van der Waals surface area contributed by atoms with E-state index in [-0.39, 0.29) is 17.9 Å². The number of piperidine rings is 1. The minimum atomic E-state index is -0.0175. The average Bonchev–Trinajstić information content (AvgIpc) is 3.07. The Morgan fingerprint density at radius 3 is 2.82 bits per heavy atom. The monoisotopic (exact) mass is 307 g/mol. The Kier molecular flexibility index (Phi) is 6.43. The Morgan fingerprint density at radius 2 is 2.14 bits per heavy atom. The van der Waals surface area contributed by atoms with Gasteiger partial charge < -0.3 is 15.5 Å². The van der Waals surface area contributed by atoms with E-state index >= 15 is 0 Å². The van der Waals surface area contributed by atoms with Crippen LogP contribution in [-0.2, 0) is 9.59 Å². The Balaban J connectivity index is 1.79. The maximum absolute atomic E-state index is 12.3. The summed E-state index contributed by atoms with van der Waals surface area (Å²) in [6.07, 6.45) is 6.99. The molecule has 0 saturated carbocycles. The zero-order valence-electron chi connectivity index (χ0n) is 13.9. The number of allylic oxidation sites excluding steroid dienone is 1. The number of likely N-dealkylation sites (tertiary alicyclic amines) is 1. The van der Waals surface area contributed by atoms with Crippen LogP contribution in [0.2, 0.25) is 0 Å². The van der Waals surface area contributed by atoms with E-state index in [1.165, 1.54) is 0 Å². The molecule has 22 heavy (non-hydrogen) atoms. The summed E-state index contributed by atoms with van der Waals surface area (Å²) < 4.78 is 0. The lowest BCUT2D eigenvalue weighted by atomic mass is 9.97. The van der Waals surface area contributed by atoms with Crippen LogP contribution in [0.15, 0.2) is 11.6 Å². The topological polar surface area (TPSA) is 61.4 Å². The molecule has 2 rings (SSSR count). The summed E-state index contributed by atoms with van der Waals surface area (Å²) in [6, 6.07) is -0.0175. The van der Waals surface area contributed by atoms with Crippen LogP contribution in [0.25, 0.3) is 0 Å². The van der Waals surface area contributed by atoms with Crippen molar-refractivity contribution in [2.45, 2.75) is 52.0 Å². The van der Waals surface area contributed by atoms with Crippen LogP contribution in [0.1, 0.15) is 46.0 Å². The van der Waals surface area contributed by atoms with Gasteiger partial charge in [-0.1, -0.05) is 13.0 Å². The summed E-state index contributed by atoms with van der Waals surface area (Å²) >= 11 is 0. The maximum atomic E-state index is 12.3. The third-order valence-electron chi connectivity index (χ3n) is 4.60. The van der Waals surface area contributed by atoms with Crippen LogP contribution >= 0.6 is 0 Å². The van der Waals surface area contributed by atoms with Crippen molar-refractivity contribution in [3.05, 3.63) is 11.6 Å². The van der Waals surface area contributed by atoms with Crippen LogP contribution in [0, 0.1) is 5.92 Å². The first-order chi connectivity index (χ1) is 10.6. The first-order valence-corrected chi connectivity index (χ1v) is 8.59. The van der Waals surface area contributed by atoms with Crippen LogP contribution in [0.3, 0.4) is 0 Å². The lowest BCUT2D eigenvalue weighted by Crippen LogP contribution is -2.46. The SMILES string of the molecule is CC/C=C(/C)C(=O)N1CCCC(CNC(=O)C2CCCN2)C1. The van der Waals surface area contributed by atoms with Crippen molar-refractivity contribution in [2.24, 2.45) is 5.92 Å². The second-order valence-electron chi connectivity index (χ2n) is 6.45. The summed E-state index contributed by atoms with van der Waals surface area (Å²) in [5, 5.41) is 6.27. The third kappa shape index (κ3) is 4.57. The van der Waals surface area contributed by atoms with Gasteiger partial charge in [0.2, 0.25) is 11.8 Å². The highest BCUT2D eigenvalue weighted by molar-refractivity contribution is 5.92. The number of nitrogens with zero attached hydrogens (tertiary/aromatic N) is 1. The fourth-order valence-corrected chi connectivity index (χ4v) is 3.34. The third-order valence-corrected chi connectivity index (χ3v) is 4.60. The van der Waals surface area contributed by atoms with Crippen molar-refractivity contribution in [1.82, 2.24) is 15.5 Å². The first-order valence-electron chi connectivity index (χ1n) is 8.59. The second-order valence-corrected chi connectivity index (χ2v) is 6.45. The molecular formula is C17H29N3O2. The van der Waals surface area contributed by atoms with Crippen LogP contribution in [-0.4, -0.2) is 48.9 Å². The van der Waals surface area contributed by atoms with Gasteiger partial charge in [0.15, 0.2) is 0 Å². The molecule has 2 fully saturated rings. The van der Waals surface area contributed by atoms with Gasteiger partial charge in [-0.05, 0) is 51.5 Å². The molecular weight excluding hydrogens is 278 g/mol. The molecule has 0 aromatic carbocycles. The van der Waals surface area contributed by atoms with Gasteiger partial charge in [-0.25, -0.2) is 0 Å². The van der Waals surface area contributed by atoms with Crippen molar-refractivity contribution in [3.8, 4) is 0 Å². The quantitative estimate of drug-likeness (QED) is 0.756. The van der Waals surface area contributed by atoms with Crippen LogP contribution < -0.4 is 10.6 Å². The highest BCUT2D eigenvalue weighted by Gasteiger charge is 2.26. The van der Waals surface area contributed by atoms with Gasteiger partial charge in [0.1, 0.15) is 0 Å². The van der Waals surface area contributed by atoms with Gasteiger partial charge in [0.05, 0.1) is 6.04 Å². The molecule has 0 bridgehead atoms. The van der Waals surface area contributed by atoms with Gasteiger partial charge >= 0.3 is 0 Å². The predicted octanol–water partition coefficient (Wildman–Crippen LogP) is 1.45. The number of hydrogen-bond acceptors (Lipinski definition) is 3. The number of carbonyl (C=O) groups excluding carboxylic acids is 2. The van der Waals surface area contributed by atoms with Crippen molar-refractivity contribution < 1.29 is 9.59 Å². The molecule has 0 aromatic heterocycles. The first kappa shape index (κ1) is 17.0. The fourth-order valence-electron chi connectivity index (χ4n) is 3.34. The van der Waals surface area contributed by atoms with Crippen molar-refractivity contribution in [3.63, 3.8) is 0 Å². The van der Waals surface area contributed by atoms with Crippen LogP contribution in [0.4, 0.5) is 0 Å². The van der Waals surface area contributed by atoms with Gasteiger partial charge in [-0.3, -0.25) is 9.59 Å². The lowest BCUT2D eigenvalue weighted by Gasteiger charge is -2.33. The van der Waals surface area contributed by atoms with Gasteiger partial charge in [0, 0.05) is 25.2 Å². The molecule has 2 saturated heterocycles. The molecule has 0 radical (unpaired) electrons. The maximum Gasteiger partial charge on any atom is 0.249 e. The Hall–Kier alpha value is -1.36. The summed E-state index contributed by atoms with van der Waals surface area (Å²) in [7, 11) is 0. The van der Waals surface area contributed by atoms with E-state index in [1.54, 1.807) is 0 Å². The standard InChI is InChI=1S/C17H29N3O2/c1-3-6-13(2)17(22)20-10-5-7-14(12-20)11-19-16(21)15-8-4-9-18-15/h6,14-15,18H,3-5,7-12H2,1-2H3,(H,19,21)/b13-6-. The highest BCUT2D eigenvalue weighted by Crippen LogP contribution is 2.18. The van der Waals surface area contributed by atoms with Gasteiger partial charge in [-0.2, -0.15) is 0 Å². The van der Waals surface area contributed by atoms with Crippen LogP contribution in [0.5, 0.6) is 0 Å². The number of carbonyl (C=O) groups is 2. The second kappa shape index (κ2) is 8.32. The summed E-state index contributed by atoms with van der Waals surface area (Å²) in [5.74, 6) is 0.635. The number of rotatable bonds is 5. The van der Waals surface area contributed by atoms with E-state index in [2.05, 4.69) is 10.6 Å². The smallest absolute Gasteiger partial charge is 0.249 e. The predicted molar refractivity (Wildman–Crippen MR) is 87.4 cm³/mol. The molecule has 2 heterocycles. The molecule has 2 amide bonds. The molecule has 2 N–H and O–H groups in total. The molecule has 0 spiro atoms. The Labute approximate surface area is 133 Å². The van der Waals surface area contributed by atoms with Crippen molar-refractivity contribution in [1.29, 1.82) is 0 Å². The summed E-state index contributed by atoms with van der Waals surface area (Å²) in [4.78, 5) is 26.3. The van der Waals surface area contributed by atoms with E-state index in [9.17, 15) is 9.59 Å². The number of hydrogen-bond donors (Lipinski definition) is 2. The molecule has 0 aromatic rings. The molecule has 0 aliphatic carbocycles. The minimum absolute atomic E-state index is 0.0175. The summed E-state index contributed by atoms with van der Waals surface area (Å²) in [5.41, 5.74) is 0.836. The molecule has 2 aliphatic rings. The number of amides is 2. The van der Waals surface area contributed by atoms with E-state index in [4.69, 9.17) is 0 Å². The summed E-state index contributed by atoms with van der Waals surface area (Å²) in [6.45, 7) is 7.14. The normalized spacial score (nSPS) is 26.1.